The molecule has 2 fully saturated rings. The van der Waals surface area contributed by atoms with Gasteiger partial charge in [-0.3, -0.25) is 4.90 Å². The zero-order valence-corrected chi connectivity index (χ0v) is 12.5. The quantitative estimate of drug-likeness (QED) is 0.858. The number of nitrogens with zero attached hydrogens (tertiary/aromatic N) is 1. The van der Waals surface area contributed by atoms with Gasteiger partial charge in [-0.1, -0.05) is 6.07 Å². The van der Waals surface area contributed by atoms with Crippen LogP contribution in [0.25, 0.3) is 0 Å². The van der Waals surface area contributed by atoms with Crippen LogP contribution in [0.5, 0.6) is 11.5 Å². The third-order valence-electron chi connectivity index (χ3n) is 4.41. The SMILES string of the molecule is COc1cc(CNCC2CN3CCCC3CO2)ccc1O. The molecule has 2 atom stereocenters. The van der Waals surface area contributed by atoms with Gasteiger partial charge in [-0.15, -0.1) is 0 Å². The van der Waals surface area contributed by atoms with E-state index in [1.54, 1.807) is 13.2 Å². The minimum atomic E-state index is 0.178. The molecular weight excluding hydrogens is 268 g/mol. The van der Waals surface area contributed by atoms with Crippen molar-refractivity contribution in [2.24, 2.45) is 0 Å². The molecule has 0 spiro atoms. The van der Waals surface area contributed by atoms with Crippen molar-refractivity contribution < 1.29 is 14.6 Å². The standard InChI is InChI=1S/C16H24N2O3/c1-20-16-7-12(4-5-15(16)19)8-17-9-14-10-18-6-2-3-13(18)11-21-14/h4-5,7,13-14,17,19H,2-3,6,8-11H2,1H3. The van der Waals surface area contributed by atoms with Gasteiger partial charge in [0.25, 0.3) is 0 Å². The van der Waals surface area contributed by atoms with Gasteiger partial charge in [-0.25, -0.2) is 0 Å². The Morgan fingerprint density at radius 2 is 2.38 bits per heavy atom. The van der Waals surface area contributed by atoms with Crippen LogP contribution >= 0.6 is 0 Å². The first-order valence-electron chi connectivity index (χ1n) is 7.68. The van der Waals surface area contributed by atoms with Crippen LogP contribution in [0.3, 0.4) is 0 Å². The van der Waals surface area contributed by atoms with Gasteiger partial charge in [-0.2, -0.15) is 0 Å². The smallest absolute Gasteiger partial charge is 0.160 e. The first-order valence-corrected chi connectivity index (χ1v) is 7.68. The number of benzene rings is 1. The zero-order chi connectivity index (χ0) is 14.7. The van der Waals surface area contributed by atoms with Gasteiger partial charge in [0.05, 0.1) is 19.8 Å². The van der Waals surface area contributed by atoms with Crippen molar-refractivity contribution in [2.45, 2.75) is 31.5 Å². The summed E-state index contributed by atoms with van der Waals surface area (Å²) in [5.74, 6) is 0.695. The zero-order valence-electron chi connectivity index (χ0n) is 12.5. The summed E-state index contributed by atoms with van der Waals surface area (Å²) < 4.78 is 11.0. The third-order valence-corrected chi connectivity index (χ3v) is 4.41. The molecule has 2 heterocycles. The number of hydrogen-bond acceptors (Lipinski definition) is 5. The Morgan fingerprint density at radius 3 is 3.24 bits per heavy atom. The van der Waals surface area contributed by atoms with Gasteiger partial charge in [0.15, 0.2) is 11.5 Å². The second-order valence-corrected chi connectivity index (χ2v) is 5.88. The molecule has 2 saturated heterocycles. The molecule has 2 unspecified atom stereocenters. The molecule has 2 aliphatic rings. The minimum Gasteiger partial charge on any atom is -0.504 e. The highest BCUT2D eigenvalue weighted by Gasteiger charge is 2.31. The van der Waals surface area contributed by atoms with Crippen LogP contribution in [-0.4, -0.2) is 55.5 Å². The maximum absolute atomic E-state index is 9.58. The van der Waals surface area contributed by atoms with Crippen LogP contribution < -0.4 is 10.1 Å². The normalized spacial score (nSPS) is 25.8. The van der Waals surface area contributed by atoms with Gasteiger partial charge < -0.3 is 19.9 Å². The van der Waals surface area contributed by atoms with Crippen molar-refractivity contribution >= 4 is 0 Å². The van der Waals surface area contributed by atoms with E-state index in [1.807, 2.05) is 12.1 Å². The Labute approximate surface area is 125 Å². The molecule has 1 aromatic rings. The molecule has 0 aliphatic carbocycles. The molecular formula is C16H24N2O3. The summed E-state index contributed by atoms with van der Waals surface area (Å²) in [4.78, 5) is 2.55. The van der Waals surface area contributed by atoms with E-state index in [2.05, 4.69) is 10.2 Å². The van der Waals surface area contributed by atoms with Crippen molar-refractivity contribution in [1.29, 1.82) is 0 Å². The Morgan fingerprint density at radius 1 is 1.48 bits per heavy atom. The number of fused-ring (bicyclic) bond motifs is 1. The van der Waals surface area contributed by atoms with Crippen LogP contribution in [0.15, 0.2) is 18.2 Å². The maximum Gasteiger partial charge on any atom is 0.160 e. The summed E-state index contributed by atoms with van der Waals surface area (Å²) in [6.07, 6.45) is 2.87. The molecule has 2 aliphatic heterocycles. The Bertz CT molecular complexity index is 481. The highest BCUT2D eigenvalue weighted by Crippen LogP contribution is 2.26. The number of methoxy groups -OCH3 is 1. The molecule has 116 valence electrons. The number of rotatable bonds is 5. The van der Waals surface area contributed by atoms with Crippen molar-refractivity contribution in [3.8, 4) is 11.5 Å². The summed E-state index contributed by atoms with van der Waals surface area (Å²) in [6.45, 7) is 4.74. The summed E-state index contributed by atoms with van der Waals surface area (Å²) >= 11 is 0. The van der Waals surface area contributed by atoms with Crippen LogP contribution in [0.2, 0.25) is 0 Å². The van der Waals surface area contributed by atoms with Crippen molar-refractivity contribution in [3.63, 3.8) is 0 Å². The third kappa shape index (κ3) is 3.48. The number of phenolic OH excluding ortho intramolecular Hbond substituents is 1. The van der Waals surface area contributed by atoms with Gasteiger partial charge in [0, 0.05) is 25.7 Å². The largest absolute Gasteiger partial charge is 0.504 e. The molecule has 21 heavy (non-hydrogen) atoms. The molecule has 3 rings (SSSR count). The number of aromatic hydroxyl groups is 1. The molecule has 5 heteroatoms. The number of phenols is 1. The monoisotopic (exact) mass is 292 g/mol. The number of morpholine rings is 1. The molecule has 2 N–H and O–H groups in total. The molecule has 1 aromatic carbocycles. The number of ether oxygens (including phenoxy) is 2. The topological polar surface area (TPSA) is 54.0 Å². The first kappa shape index (κ1) is 14.6. The Kier molecular flexibility index (Phi) is 4.63. The van der Waals surface area contributed by atoms with Crippen LogP contribution in [0.1, 0.15) is 18.4 Å². The summed E-state index contributed by atoms with van der Waals surface area (Å²) in [6, 6.07) is 6.09. The molecule has 0 saturated carbocycles. The average Bonchev–Trinajstić information content (AvgIpc) is 2.96. The molecule has 0 aromatic heterocycles. The van der Waals surface area contributed by atoms with E-state index in [1.165, 1.54) is 19.4 Å². The van der Waals surface area contributed by atoms with E-state index in [0.29, 0.717) is 11.8 Å². The van der Waals surface area contributed by atoms with Crippen molar-refractivity contribution in [3.05, 3.63) is 23.8 Å². The van der Waals surface area contributed by atoms with Crippen molar-refractivity contribution in [2.75, 3.05) is 33.4 Å². The molecule has 0 radical (unpaired) electrons. The van der Waals surface area contributed by atoms with E-state index in [-0.39, 0.29) is 11.9 Å². The van der Waals surface area contributed by atoms with Gasteiger partial charge in [-0.05, 0) is 37.1 Å². The van der Waals surface area contributed by atoms with Crippen LogP contribution in [-0.2, 0) is 11.3 Å². The predicted molar refractivity (Wildman–Crippen MR) is 80.7 cm³/mol. The highest BCUT2D eigenvalue weighted by atomic mass is 16.5. The van der Waals surface area contributed by atoms with Crippen LogP contribution in [0.4, 0.5) is 0 Å². The molecule has 5 nitrogen and oxygen atoms in total. The minimum absolute atomic E-state index is 0.178. The lowest BCUT2D eigenvalue weighted by Crippen LogP contribution is -2.49. The predicted octanol–water partition coefficient (Wildman–Crippen LogP) is 1.35. The summed E-state index contributed by atoms with van der Waals surface area (Å²) in [7, 11) is 1.56. The lowest BCUT2D eigenvalue weighted by molar-refractivity contribution is -0.0470. The lowest BCUT2D eigenvalue weighted by Gasteiger charge is -2.35. The van der Waals surface area contributed by atoms with Gasteiger partial charge in [0.1, 0.15) is 0 Å². The van der Waals surface area contributed by atoms with E-state index in [0.717, 1.165) is 31.8 Å². The molecule has 0 amide bonds. The maximum atomic E-state index is 9.58. The Balaban J connectivity index is 1.45. The van der Waals surface area contributed by atoms with Gasteiger partial charge >= 0.3 is 0 Å². The first-order chi connectivity index (χ1) is 10.3. The van der Waals surface area contributed by atoms with E-state index in [4.69, 9.17) is 9.47 Å². The van der Waals surface area contributed by atoms with Crippen molar-refractivity contribution in [1.82, 2.24) is 10.2 Å². The fraction of sp³-hybridized carbons (Fsp3) is 0.625. The summed E-state index contributed by atoms with van der Waals surface area (Å²) in [5, 5.41) is 13.0. The summed E-state index contributed by atoms with van der Waals surface area (Å²) in [5.41, 5.74) is 1.10. The second-order valence-electron chi connectivity index (χ2n) is 5.88. The van der Waals surface area contributed by atoms with E-state index in [9.17, 15) is 5.11 Å². The van der Waals surface area contributed by atoms with Gasteiger partial charge in [0.2, 0.25) is 0 Å². The lowest BCUT2D eigenvalue weighted by atomic mass is 10.1. The highest BCUT2D eigenvalue weighted by molar-refractivity contribution is 5.41. The number of hydrogen-bond donors (Lipinski definition) is 2. The fourth-order valence-corrected chi connectivity index (χ4v) is 3.22. The average molecular weight is 292 g/mol. The Hall–Kier alpha value is -1.30. The van der Waals surface area contributed by atoms with E-state index < -0.39 is 0 Å². The fourth-order valence-electron chi connectivity index (χ4n) is 3.22. The van der Waals surface area contributed by atoms with Crippen LogP contribution in [0, 0.1) is 0 Å². The second kappa shape index (κ2) is 6.64. The van der Waals surface area contributed by atoms with E-state index >= 15 is 0 Å². The molecule has 0 bridgehead atoms. The number of nitrogens with one attached hydrogen (secondary N) is 1.